The summed E-state index contributed by atoms with van der Waals surface area (Å²) in [4.78, 5) is 25.5. The highest BCUT2D eigenvalue weighted by molar-refractivity contribution is 5.71. The zero-order chi connectivity index (χ0) is 19.5. The van der Waals surface area contributed by atoms with Gasteiger partial charge in [-0.25, -0.2) is 14.4 Å². The van der Waals surface area contributed by atoms with Crippen LogP contribution in [0.5, 0.6) is 0 Å². The highest BCUT2D eigenvalue weighted by atomic mass is 19.1. The van der Waals surface area contributed by atoms with Crippen molar-refractivity contribution in [2.45, 2.75) is 0 Å². The van der Waals surface area contributed by atoms with Crippen molar-refractivity contribution in [3.05, 3.63) is 46.5 Å². The van der Waals surface area contributed by atoms with Crippen LogP contribution in [0.4, 0.5) is 27.4 Å². The number of hydrogen-bond acceptors (Lipinski definition) is 8. The Morgan fingerprint density at radius 2 is 1.50 bits per heavy atom. The largest absolute Gasteiger partial charge is 0.378 e. The minimum Gasteiger partial charge on any atom is -0.378 e. The highest BCUT2D eigenvalue weighted by Crippen LogP contribution is 2.35. The van der Waals surface area contributed by atoms with Gasteiger partial charge < -0.3 is 19.4 Å². The van der Waals surface area contributed by atoms with Gasteiger partial charge in [-0.15, -0.1) is 0 Å². The number of rotatable bonds is 4. The second kappa shape index (κ2) is 7.93. The summed E-state index contributed by atoms with van der Waals surface area (Å²) in [7, 11) is 0. The van der Waals surface area contributed by atoms with E-state index in [0.717, 1.165) is 0 Å². The molecule has 0 atom stereocenters. The molecule has 2 aliphatic rings. The third kappa shape index (κ3) is 3.55. The van der Waals surface area contributed by atoms with Crippen LogP contribution in [0, 0.1) is 15.9 Å². The number of benzene rings is 1. The minimum absolute atomic E-state index is 0.0799. The molecule has 2 aromatic rings. The number of halogens is 1. The number of morpholine rings is 1. The average Bonchev–Trinajstić information content (AvgIpc) is 2.74. The summed E-state index contributed by atoms with van der Waals surface area (Å²) in [5.41, 5.74) is 0.470. The predicted molar refractivity (Wildman–Crippen MR) is 103 cm³/mol. The number of ether oxygens (including phenoxy) is 1. The van der Waals surface area contributed by atoms with E-state index in [-0.39, 0.29) is 11.5 Å². The Bertz CT molecular complexity index is 853. The molecular formula is C18H21FN6O3. The van der Waals surface area contributed by atoms with Gasteiger partial charge in [0.2, 0.25) is 11.6 Å². The van der Waals surface area contributed by atoms with Gasteiger partial charge in [-0.2, -0.15) is 0 Å². The molecule has 10 heteroatoms. The molecule has 4 rings (SSSR count). The van der Waals surface area contributed by atoms with Crippen molar-refractivity contribution in [2.75, 3.05) is 67.2 Å². The smallest absolute Gasteiger partial charge is 0.353 e. The van der Waals surface area contributed by atoms with E-state index in [9.17, 15) is 14.5 Å². The number of aromatic nitrogens is 2. The van der Waals surface area contributed by atoms with Crippen LogP contribution in [-0.4, -0.2) is 67.4 Å². The fourth-order valence-corrected chi connectivity index (χ4v) is 3.63. The molecule has 0 N–H and O–H groups in total. The number of nitrogens with zero attached hydrogens (tertiary/aromatic N) is 6. The van der Waals surface area contributed by atoms with Gasteiger partial charge in [0.05, 0.1) is 23.8 Å². The van der Waals surface area contributed by atoms with Crippen LogP contribution in [0.25, 0.3) is 0 Å². The van der Waals surface area contributed by atoms with Gasteiger partial charge in [-0.05, 0) is 12.1 Å². The van der Waals surface area contributed by atoms with Gasteiger partial charge in [-0.3, -0.25) is 10.1 Å². The summed E-state index contributed by atoms with van der Waals surface area (Å²) >= 11 is 0. The fourth-order valence-electron chi connectivity index (χ4n) is 3.63. The summed E-state index contributed by atoms with van der Waals surface area (Å²) in [5, 5.41) is 11.8. The highest BCUT2D eigenvalue weighted by Gasteiger charge is 2.32. The van der Waals surface area contributed by atoms with Gasteiger partial charge in [0.15, 0.2) is 0 Å². The predicted octanol–water partition coefficient (Wildman–Crippen LogP) is 1.69. The second-order valence-electron chi connectivity index (χ2n) is 6.65. The summed E-state index contributed by atoms with van der Waals surface area (Å²) in [5.74, 6) is 0.378. The van der Waals surface area contributed by atoms with Gasteiger partial charge in [0, 0.05) is 39.3 Å². The molecule has 28 heavy (non-hydrogen) atoms. The van der Waals surface area contributed by atoms with E-state index < -0.39 is 4.92 Å². The first-order valence-electron chi connectivity index (χ1n) is 9.21. The molecule has 0 spiro atoms. The van der Waals surface area contributed by atoms with Crippen molar-refractivity contribution in [1.29, 1.82) is 0 Å². The van der Waals surface area contributed by atoms with Crippen LogP contribution >= 0.6 is 0 Å². The van der Waals surface area contributed by atoms with Crippen molar-refractivity contribution in [1.82, 2.24) is 9.97 Å². The SMILES string of the molecule is O=[N+]([O-])c1c(N2CCOCC2)ncnc1N1CCN(c2ccccc2F)CC1. The Labute approximate surface area is 161 Å². The van der Waals surface area contributed by atoms with Gasteiger partial charge in [0.25, 0.3) is 0 Å². The Balaban J connectivity index is 1.56. The Kier molecular flexibility index (Phi) is 5.20. The van der Waals surface area contributed by atoms with Crippen molar-refractivity contribution in [3.63, 3.8) is 0 Å². The number of hydrogen-bond donors (Lipinski definition) is 0. The average molecular weight is 388 g/mol. The lowest BCUT2D eigenvalue weighted by molar-refractivity contribution is -0.383. The lowest BCUT2D eigenvalue weighted by Gasteiger charge is -2.37. The molecule has 0 bridgehead atoms. The van der Waals surface area contributed by atoms with Crippen LogP contribution in [0.2, 0.25) is 0 Å². The van der Waals surface area contributed by atoms with E-state index in [1.165, 1.54) is 12.4 Å². The monoisotopic (exact) mass is 388 g/mol. The molecule has 2 saturated heterocycles. The van der Waals surface area contributed by atoms with Crippen molar-refractivity contribution in [3.8, 4) is 0 Å². The number of nitro groups is 1. The summed E-state index contributed by atoms with van der Waals surface area (Å²) in [6.45, 7) is 4.25. The first-order valence-corrected chi connectivity index (χ1v) is 9.21. The van der Waals surface area contributed by atoms with E-state index in [2.05, 4.69) is 9.97 Å². The zero-order valence-corrected chi connectivity index (χ0v) is 15.3. The lowest BCUT2D eigenvalue weighted by atomic mass is 10.2. The molecule has 1 aromatic carbocycles. The molecule has 2 aliphatic heterocycles. The molecule has 1 aromatic heterocycles. The zero-order valence-electron chi connectivity index (χ0n) is 15.3. The summed E-state index contributed by atoms with van der Waals surface area (Å²) in [6, 6.07) is 6.64. The first-order chi connectivity index (χ1) is 13.6. The quantitative estimate of drug-likeness (QED) is 0.578. The standard InChI is InChI=1S/C18H21FN6O3/c19-14-3-1-2-4-15(14)22-5-7-23(8-6-22)17-16(25(26)27)18(21-13-20-17)24-9-11-28-12-10-24/h1-4,13H,5-12H2. The van der Waals surface area contributed by atoms with Crippen LogP contribution in [0.15, 0.2) is 30.6 Å². The maximum atomic E-state index is 14.0. The van der Waals surface area contributed by atoms with Crippen LogP contribution < -0.4 is 14.7 Å². The van der Waals surface area contributed by atoms with Crippen molar-refractivity contribution >= 4 is 23.0 Å². The van der Waals surface area contributed by atoms with E-state index in [1.807, 2.05) is 14.7 Å². The van der Waals surface area contributed by atoms with E-state index in [1.54, 1.807) is 18.2 Å². The Morgan fingerprint density at radius 1 is 0.929 bits per heavy atom. The van der Waals surface area contributed by atoms with Crippen molar-refractivity contribution < 1.29 is 14.1 Å². The number of piperazine rings is 1. The number of para-hydroxylation sites is 1. The molecule has 9 nitrogen and oxygen atoms in total. The second-order valence-corrected chi connectivity index (χ2v) is 6.65. The molecule has 3 heterocycles. The van der Waals surface area contributed by atoms with Crippen molar-refractivity contribution in [2.24, 2.45) is 0 Å². The first kappa shape index (κ1) is 18.4. The molecule has 148 valence electrons. The third-order valence-corrected chi connectivity index (χ3v) is 5.05. The van der Waals surface area contributed by atoms with E-state index >= 15 is 0 Å². The molecular weight excluding hydrogens is 367 g/mol. The van der Waals surface area contributed by atoms with Gasteiger partial charge in [0.1, 0.15) is 12.1 Å². The Hall–Kier alpha value is -3.01. The molecule has 0 aliphatic carbocycles. The normalized spacial score (nSPS) is 17.7. The third-order valence-electron chi connectivity index (χ3n) is 5.05. The topological polar surface area (TPSA) is 87.9 Å². The van der Waals surface area contributed by atoms with Gasteiger partial charge in [-0.1, -0.05) is 12.1 Å². The molecule has 0 unspecified atom stereocenters. The van der Waals surface area contributed by atoms with E-state index in [4.69, 9.17) is 4.74 Å². The molecule has 0 radical (unpaired) electrons. The van der Waals surface area contributed by atoms with Gasteiger partial charge >= 0.3 is 5.69 Å². The fraction of sp³-hybridized carbons (Fsp3) is 0.444. The number of anilines is 3. The Morgan fingerprint density at radius 3 is 2.11 bits per heavy atom. The lowest BCUT2D eigenvalue weighted by Crippen LogP contribution is -2.47. The minimum atomic E-state index is -0.413. The summed E-state index contributed by atoms with van der Waals surface area (Å²) < 4.78 is 19.4. The van der Waals surface area contributed by atoms with E-state index in [0.29, 0.717) is 69.8 Å². The molecule has 2 fully saturated rings. The van der Waals surface area contributed by atoms with Crippen LogP contribution in [0.1, 0.15) is 0 Å². The van der Waals surface area contributed by atoms with Crippen LogP contribution in [-0.2, 0) is 4.74 Å². The summed E-state index contributed by atoms with van der Waals surface area (Å²) in [6.07, 6.45) is 1.37. The molecule has 0 amide bonds. The maximum Gasteiger partial charge on any atom is 0.353 e. The molecule has 0 saturated carbocycles. The van der Waals surface area contributed by atoms with Crippen LogP contribution in [0.3, 0.4) is 0 Å². The maximum absolute atomic E-state index is 14.0.